The Kier molecular flexibility index (Phi) is 7.03. The fourth-order valence-electron chi connectivity index (χ4n) is 2.24. The molecule has 0 saturated carbocycles. The third-order valence-corrected chi connectivity index (χ3v) is 3.94. The van der Waals surface area contributed by atoms with Crippen molar-refractivity contribution in [3.63, 3.8) is 0 Å². The summed E-state index contributed by atoms with van der Waals surface area (Å²) in [6.45, 7) is 4.07. The van der Waals surface area contributed by atoms with Crippen molar-refractivity contribution in [3.8, 4) is 0 Å². The van der Waals surface area contributed by atoms with Crippen molar-refractivity contribution < 1.29 is 9.53 Å². The van der Waals surface area contributed by atoms with Gasteiger partial charge in [-0.3, -0.25) is 0 Å². The van der Waals surface area contributed by atoms with Crippen molar-refractivity contribution in [1.29, 1.82) is 0 Å². The molecule has 0 spiro atoms. The number of hydrogen-bond donors (Lipinski definition) is 1. The molecule has 1 N–H and O–H groups in total. The lowest BCUT2D eigenvalue weighted by molar-refractivity contribution is 0.0526. The number of anilines is 2. The third-order valence-electron chi connectivity index (χ3n) is 3.39. The number of aromatic nitrogens is 2. The average molecular weight is 372 g/mol. The van der Waals surface area contributed by atoms with E-state index in [0.717, 1.165) is 11.3 Å². The molecule has 0 aliphatic heterocycles. The first-order chi connectivity index (χ1) is 12.4. The van der Waals surface area contributed by atoms with Crippen LogP contribution in [0.25, 0.3) is 6.08 Å². The standard InChI is InChI=1S/C19H24N4O2S/c1-6-25-18(24)16-15(10-11-23(3)4)21-19(26-5)22-17(16)20-14-9-7-8-13(2)12-14/h7-12H,6H2,1-5H3,(H,20,21,22). The maximum atomic E-state index is 12.6. The Bertz CT molecular complexity index is 806. The summed E-state index contributed by atoms with van der Waals surface area (Å²) >= 11 is 1.42. The Labute approximate surface area is 158 Å². The van der Waals surface area contributed by atoms with Gasteiger partial charge in [-0.15, -0.1) is 0 Å². The van der Waals surface area contributed by atoms with Crippen molar-refractivity contribution >= 4 is 35.3 Å². The van der Waals surface area contributed by atoms with Crippen LogP contribution >= 0.6 is 11.8 Å². The highest BCUT2D eigenvalue weighted by atomic mass is 32.2. The first kappa shape index (κ1) is 19.8. The molecule has 7 heteroatoms. The number of hydrogen-bond acceptors (Lipinski definition) is 7. The molecule has 2 rings (SSSR count). The second-order valence-electron chi connectivity index (χ2n) is 5.81. The number of ether oxygens (including phenoxy) is 1. The molecule has 0 aliphatic carbocycles. The van der Waals surface area contributed by atoms with E-state index < -0.39 is 5.97 Å². The highest BCUT2D eigenvalue weighted by molar-refractivity contribution is 7.98. The van der Waals surface area contributed by atoms with Gasteiger partial charge in [0.05, 0.1) is 12.3 Å². The number of carbonyl (C=O) groups is 1. The lowest BCUT2D eigenvalue weighted by Crippen LogP contribution is -2.14. The highest BCUT2D eigenvalue weighted by Gasteiger charge is 2.21. The van der Waals surface area contributed by atoms with Crippen LogP contribution in [0.2, 0.25) is 0 Å². The molecular formula is C19H24N4O2S. The molecule has 0 unspecified atom stereocenters. The molecule has 0 aliphatic rings. The van der Waals surface area contributed by atoms with E-state index >= 15 is 0 Å². The summed E-state index contributed by atoms with van der Waals surface area (Å²) in [6.07, 6.45) is 5.52. The summed E-state index contributed by atoms with van der Waals surface area (Å²) < 4.78 is 5.24. The first-order valence-electron chi connectivity index (χ1n) is 8.26. The minimum atomic E-state index is -0.450. The molecule has 0 bridgehead atoms. The zero-order valence-corrected chi connectivity index (χ0v) is 16.6. The van der Waals surface area contributed by atoms with Crippen LogP contribution in [0.1, 0.15) is 28.5 Å². The van der Waals surface area contributed by atoms with E-state index in [9.17, 15) is 4.79 Å². The van der Waals surface area contributed by atoms with E-state index in [4.69, 9.17) is 4.74 Å². The average Bonchev–Trinajstić information content (AvgIpc) is 2.59. The van der Waals surface area contributed by atoms with Gasteiger partial charge in [0.1, 0.15) is 11.4 Å². The predicted molar refractivity (Wildman–Crippen MR) is 107 cm³/mol. The summed E-state index contributed by atoms with van der Waals surface area (Å²) in [5.41, 5.74) is 2.80. The van der Waals surface area contributed by atoms with Gasteiger partial charge in [0.2, 0.25) is 0 Å². The van der Waals surface area contributed by atoms with Gasteiger partial charge in [0, 0.05) is 26.0 Å². The van der Waals surface area contributed by atoms with E-state index in [1.165, 1.54) is 11.8 Å². The second-order valence-corrected chi connectivity index (χ2v) is 6.59. The summed E-state index contributed by atoms with van der Waals surface area (Å²) in [5.74, 6) is -0.0134. The zero-order valence-electron chi connectivity index (χ0n) is 15.7. The quantitative estimate of drug-likeness (QED) is 0.448. The van der Waals surface area contributed by atoms with Gasteiger partial charge in [-0.05, 0) is 43.9 Å². The van der Waals surface area contributed by atoms with Gasteiger partial charge in [-0.2, -0.15) is 0 Å². The minimum Gasteiger partial charge on any atom is -0.462 e. The van der Waals surface area contributed by atoms with Crippen molar-refractivity contribution in [2.75, 3.05) is 32.3 Å². The zero-order chi connectivity index (χ0) is 19.1. The third kappa shape index (κ3) is 5.23. The van der Waals surface area contributed by atoms with E-state index in [1.54, 1.807) is 13.0 Å². The van der Waals surface area contributed by atoms with Crippen LogP contribution in [-0.2, 0) is 4.74 Å². The summed E-state index contributed by atoms with van der Waals surface area (Å²) in [5, 5.41) is 3.82. The van der Waals surface area contributed by atoms with E-state index in [2.05, 4.69) is 15.3 Å². The van der Waals surface area contributed by atoms with Gasteiger partial charge in [-0.1, -0.05) is 23.9 Å². The molecule has 26 heavy (non-hydrogen) atoms. The Balaban J connectivity index is 2.58. The number of rotatable bonds is 7. The maximum absolute atomic E-state index is 12.6. The molecule has 138 valence electrons. The fourth-order valence-corrected chi connectivity index (χ4v) is 2.62. The van der Waals surface area contributed by atoms with Crippen LogP contribution in [0.5, 0.6) is 0 Å². The number of nitrogens with one attached hydrogen (secondary N) is 1. The molecule has 1 heterocycles. The van der Waals surface area contributed by atoms with Gasteiger partial charge in [0.15, 0.2) is 5.16 Å². The van der Waals surface area contributed by atoms with Crippen LogP contribution in [0.3, 0.4) is 0 Å². The Hall–Kier alpha value is -2.54. The molecule has 0 atom stereocenters. The maximum Gasteiger partial charge on any atom is 0.344 e. The van der Waals surface area contributed by atoms with Gasteiger partial charge in [0.25, 0.3) is 0 Å². The molecule has 0 saturated heterocycles. The number of thioether (sulfide) groups is 1. The molecule has 1 aromatic carbocycles. The Morgan fingerprint density at radius 1 is 1.35 bits per heavy atom. The smallest absolute Gasteiger partial charge is 0.344 e. The van der Waals surface area contributed by atoms with Gasteiger partial charge < -0.3 is 15.0 Å². The predicted octanol–water partition coefficient (Wildman–Crippen LogP) is 3.96. The van der Waals surface area contributed by atoms with E-state index in [1.807, 2.05) is 62.6 Å². The van der Waals surface area contributed by atoms with Crippen molar-refractivity contribution in [3.05, 3.63) is 47.3 Å². The van der Waals surface area contributed by atoms with Gasteiger partial charge in [-0.25, -0.2) is 14.8 Å². The van der Waals surface area contributed by atoms with Crippen LogP contribution in [-0.4, -0.2) is 47.8 Å². The molecule has 0 radical (unpaired) electrons. The van der Waals surface area contributed by atoms with E-state index in [0.29, 0.717) is 22.2 Å². The van der Waals surface area contributed by atoms with Crippen molar-refractivity contribution in [2.24, 2.45) is 0 Å². The Morgan fingerprint density at radius 2 is 2.12 bits per heavy atom. The molecule has 1 aromatic heterocycles. The molecule has 6 nitrogen and oxygen atoms in total. The summed E-state index contributed by atoms with van der Waals surface area (Å²) in [6, 6.07) is 7.88. The van der Waals surface area contributed by atoms with Crippen molar-refractivity contribution in [2.45, 2.75) is 19.0 Å². The number of esters is 1. The molecule has 0 amide bonds. The number of benzene rings is 1. The van der Waals surface area contributed by atoms with Gasteiger partial charge >= 0.3 is 5.97 Å². The number of nitrogens with zero attached hydrogens (tertiary/aromatic N) is 3. The minimum absolute atomic E-state index is 0.282. The van der Waals surface area contributed by atoms with Crippen LogP contribution < -0.4 is 5.32 Å². The monoisotopic (exact) mass is 372 g/mol. The topological polar surface area (TPSA) is 67.3 Å². The largest absolute Gasteiger partial charge is 0.462 e. The second kappa shape index (κ2) is 9.24. The van der Waals surface area contributed by atoms with E-state index in [-0.39, 0.29) is 6.61 Å². The van der Waals surface area contributed by atoms with Crippen molar-refractivity contribution in [1.82, 2.24) is 14.9 Å². The number of carbonyl (C=O) groups excluding carboxylic acids is 1. The molecular weight excluding hydrogens is 348 g/mol. The van der Waals surface area contributed by atoms with Crippen LogP contribution in [0.15, 0.2) is 35.6 Å². The lowest BCUT2D eigenvalue weighted by atomic mass is 10.1. The fraction of sp³-hybridized carbons (Fsp3) is 0.316. The Morgan fingerprint density at radius 3 is 2.73 bits per heavy atom. The number of aryl methyl sites for hydroxylation is 1. The summed E-state index contributed by atoms with van der Waals surface area (Å²) in [4.78, 5) is 23.5. The highest BCUT2D eigenvalue weighted by Crippen LogP contribution is 2.26. The van der Waals surface area contributed by atoms with Crippen LogP contribution in [0.4, 0.5) is 11.5 Å². The SMILES string of the molecule is CCOC(=O)c1c(C=CN(C)C)nc(SC)nc1Nc1cccc(C)c1. The molecule has 2 aromatic rings. The normalized spacial score (nSPS) is 10.8. The van der Waals surface area contributed by atoms with Crippen LogP contribution in [0, 0.1) is 6.92 Å². The lowest BCUT2D eigenvalue weighted by Gasteiger charge is -2.14. The first-order valence-corrected chi connectivity index (χ1v) is 9.48. The summed E-state index contributed by atoms with van der Waals surface area (Å²) in [7, 11) is 3.81. The molecule has 0 fully saturated rings.